The largest absolute Gasteiger partial charge is 0.462 e. The van der Waals surface area contributed by atoms with Gasteiger partial charge in [-0.25, -0.2) is 14.7 Å². The third-order valence-electron chi connectivity index (χ3n) is 4.73. The van der Waals surface area contributed by atoms with E-state index in [1.807, 2.05) is 0 Å². The van der Waals surface area contributed by atoms with E-state index >= 15 is 0 Å². The number of halogens is 1. The first-order valence-electron chi connectivity index (χ1n) is 10.0. The highest BCUT2D eigenvalue weighted by atomic mass is 35.5. The van der Waals surface area contributed by atoms with E-state index in [-0.39, 0.29) is 28.9 Å². The quantitative estimate of drug-likeness (QED) is 0.375. The third-order valence-corrected chi connectivity index (χ3v) is 5.77. The number of carbonyl (C=O) groups is 4. The van der Waals surface area contributed by atoms with Gasteiger partial charge in [0.1, 0.15) is 10.7 Å². The van der Waals surface area contributed by atoms with E-state index in [4.69, 9.17) is 16.3 Å². The topological polar surface area (TPSA) is 118 Å². The Morgan fingerprint density at radius 1 is 1.03 bits per heavy atom. The van der Waals surface area contributed by atoms with Crippen LogP contribution in [0.15, 0.2) is 70.8 Å². The summed E-state index contributed by atoms with van der Waals surface area (Å²) in [5.74, 6) is -2.18. The van der Waals surface area contributed by atoms with E-state index in [0.29, 0.717) is 21.9 Å². The molecule has 11 heteroatoms. The predicted molar refractivity (Wildman–Crippen MR) is 128 cm³/mol. The van der Waals surface area contributed by atoms with Crippen molar-refractivity contribution < 1.29 is 23.9 Å². The van der Waals surface area contributed by atoms with Gasteiger partial charge < -0.3 is 10.1 Å². The van der Waals surface area contributed by atoms with Crippen molar-refractivity contribution in [1.82, 2.24) is 4.98 Å². The molecule has 0 radical (unpaired) electrons. The number of aromatic nitrogens is 1. The Hall–Kier alpha value is -4.02. The van der Waals surface area contributed by atoms with Crippen molar-refractivity contribution in [3.05, 3.63) is 82.0 Å². The maximum absolute atomic E-state index is 12.9. The van der Waals surface area contributed by atoms with E-state index in [1.165, 1.54) is 35.6 Å². The third kappa shape index (κ3) is 4.68. The van der Waals surface area contributed by atoms with Gasteiger partial charge in [-0.2, -0.15) is 0 Å². The summed E-state index contributed by atoms with van der Waals surface area (Å²) < 4.78 is 4.93. The van der Waals surface area contributed by atoms with Gasteiger partial charge in [-0.1, -0.05) is 11.6 Å². The van der Waals surface area contributed by atoms with E-state index in [1.54, 1.807) is 42.8 Å². The Morgan fingerprint density at radius 2 is 1.71 bits per heavy atom. The van der Waals surface area contributed by atoms with Gasteiger partial charge in [0.15, 0.2) is 5.13 Å². The zero-order chi connectivity index (χ0) is 24.2. The fourth-order valence-electron chi connectivity index (χ4n) is 3.11. The Balaban J connectivity index is 1.46. The van der Waals surface area contributed by atoms with Gasteiger partial charge in [-0.15, -0.1) is 11.3 Å². The zero-order valence-electron chi connectivity index (χ0n) is 17.7. The van der Waals surface area contributed by atoms with Crippen molar-refractivity contribution >= 4 is 63.1 Å². The van der Waals surface area contributed by atoms with Crippen LogP contribution in [0.3, 0.4) is 0 Å². The summed E-state index contributed by atoms with van der Waals surface area (Å²) in [6.07, 6.45) is 1.59. The van der Waals surface area contributed by atoms with Crippen molar-refractivity contribution in [2.24, 2.45) is 0 Å². The number of hydrogen-bond donors (Lipinski definition) is 2. The van der Waals surface area contributed by atoms with Crippen LogP contribution in [0.1, 0.15) is 27.6 Å². The average Bonchev–Trinajstić information content (AvgIpc) is 3.42. The molecule has 4 rings (SSSR count). The molecule has 0 atom stereocenters. The van der Waals surface area contributed by atoms with Crippen molar-refractivity contribution in [2.75, 3.05) is 22.1 Å². The summed E-state index contributed by atoms with van der Waals surface area (Å²) >= 11 is 7.46. The lowest BCUT2D eigenvalue weighted by atomic mass is 10.2. The number of amides is 3. The van der Waals surface area contributed by atoms with Crippen molar-refractivity contribution in [3.8, 4) is 0 Å². The number of rotatable bonds is 7. The van der Waals surface area contributed by atoms with Gasteiger partial charge in [-0.3, -0.25) is 19.7 Å². The fraction of sp³-hybridized carbons (Fsp3) is 0.0870. The normalized spacial score (nSPS) is 13.3. The second-order valence-corrected chi connectivity index (χ2v) is 8.17. The van der Waals surface area contributed by atoms with Crippen LogP contribution in [0.25, 0.3) is 0 Å². The smallest absolute Gasteiger partial charge is 0.338 e. The molecule has 0 unspecified atom stereocenters. The van der Waals surface area contributed by atoms with E-state index in [2.05, 4.69) is 15.6 Å². The molecule has 3 aromatic rings. The summed E-state index contributed by atoms with van der Waals surface area (Å²) in [4.78, 5) is 54.6. The zero-order valence-corrected chi connectivity index (χ0v) is 19.3. The lowest BCUT2D eigenvalue weighted by molar-refractivity contribution is -0.120. The van der Waals surface area contributed by atoms with Crippen molar-refractivity contribution in [2.45, 2.75) is 6.92 Å². The average molecular weight is 497 g/mol. The molecule has 3 amide bonds. The van der Waals surface area contributed by atoms with Crippen molar-refractivity contribution in [3.63, 3.8) is 0 Å². The molecule has 2 N–H and O–H groups in total. The van der Waals surface area contributed by atoms with E-state index in [9.17, 15) is 19.2 Å². The van der Waals surface area contributed by atoms with Crippen LogP contribution in [-0.4, -0.2) is 35.3 Å². The number of esters is 1. The minimum absolute atomic E-state index is 0.0962. The maximum atomic E-state index is 12.9. The lowest BCUT2D eigenvalue weighted by Crippen LogP contribution is -2.32. The van der Waals surface area contributed by atoms with Crippen LogP contribution in [0.4, 0.5) is 16.5 Å². The number of imide groups is 1. The van der Waals surface area contributed by atoms with Crippen LogP contribution in [0, 0.1) is 0 Å². The first-order chi connectivity index (χ1) is 16.4. The minimum Gasteiger partial charge on any atom is -0.462 e. The summed E-state index contributed by atoms with van der Waals surface area (Å²) in [7, 11) is 0. The van der Waals surface area contributed by atoms with Gasteiger partial charge in [0.05, 0.1) is 17.9 Å². The lowest BCUT2D eigenvalue weighted by Gasteiger charge is -2.15. The molecule has 34 heavy (non-hydrogen) atoms. The number of benzene rings is 2. The van der Waals surface area contributed by atoms with Gasteiger partial charge >= 0.3 is 5.97 Å². The molecule has 0 spiro atoms. The van der Waals surface area contributed by atoms with E-state index in [0.717, 1.165) is 4.90 Å². The second-order valence-electron chi connectivity index (χ2n) is 6.90. The van der Waals surface area contributed by atoms with E-state index < -0.39 is 17.8 Å². The molecule has 0 bridgehead atoms. The van der Waals surface area contributed by atoms with Crippen molar-refractivity contribution in [1.29, 1.82) is 0 Å². The molecule has 172 valence electrons. The first-order valence-corrected chi connectivity index (χ1v) is 11.3. The molecule has 1 aromatic heterocycles. The number of anilines is 3. The summed E-state index contributed by atoms with van der Waals surface area (Å²) in [5.41, 5.74) is 1.30. The summed E-state index contributed by atoms with van der Waals surface area (Å²) in [6, 6.07) is 12.1. The van der Waals surface area contributed by atoms with Crippen LogP contribution >= 0.6 is 22.9 Å². The fourth-order valence-corrected chi connectivity index (χ4v) is 3.85. The molecule has 1 aliphatic rings. The first kappa shape index (κ1) is 23.1. The number of hydrogen-bond acceptors (Lipinski definition) is 8. The Morgan fingerprint density at radius 3 is 2.32 bits per heavy atom. The van der Waals surface area contributed by atoms with Crippen LogP contribution in [0.5, 0.6) is 0 Å². The number of thiazole rings is 1. The molecule has 2 heterocycles. The molecule has 9 nitrogen and oxygen atoms in total. The number of nitrogens with one attached hydrogen (secondary N) is 2. The molecule has 0 aliphatic carbocycles. The maximum Gasteiger partial charge on any atom is 0.338 e. The van der Waals surface area contributed by atoms with Gasteiger partial charge in [-0.05, 0) is 55.5 Å². The van der Waals surface area contributed by atoms with Crippen LogP contribution in [-0.2, 0) is 14.3 Å². The van der Waals surface area contributed by atoms with Crippen LogP contribution < -0.4 is 15.5 Å². The van der Waals surface area contributed by atoms with Gasteiger partial charge in [0, 0.05) is 22.8 Å². The highest BCUT2D eigenvalue weighted by molar-refractivity contribution is 7.13. The number of ether oxygens (including phenoxy) is 1. The minimum atomic E-state index is -0.697. The number of carbonyl (C=O) groups excluding carboxylic acids is 4. The Bertz CT molecular complexity index is 1290. The highest BCUT2D eigenvalue weighted by Crippen LogP contribution is 2.30. The monoisotopic (exact) mass is 496 g/mol. The van der Waals surface area contributed by atoms with Gasteiger partial charge in [0.25, 0.3) is 17.7 Å². The predicted octanol–water partition coefficient (Wildman–Crippen LogP) is 4.01. The standard InChI is InChI=1S/C23H17ClN4O5S/c1-2-33-22(32)14-5-9-16(10-6-14)28-20(30)17(24)18(21(28)31)26-15-7-3-13(4-8-15)19(29)27-23-25-11-12-34-23/h3-12,26H,2H2,1H3,(H,25,27,29). The summed E-state index contributed by atoms with van der Waals surface area (Å²) in [5, 5.41) is 7.48. The molecular weight excluding hydrogens is 480 g/mol. The Kier molecular flexibility index (Phi) is 6.71. The Labute approximate surface area is 203 Å². The number of nitrogens with zero attached hydrogens (tertiary/aromatic N) is 2. The molecule has 0 saturated heterocycles. The molecular formula is C23H17ClN4O5S. The molecule has 1 aliphatic heterocycles. The second kappa shape index (κ2) is 9.86. The van der Waals surface area contributed by atoms with Crippen LogP contribution in [0.2, 0.25) is 0 Å². The molecule has 2 aromatic carbocycles. The molecule has 0 fully saturated rings. The molecule has 0 saturated carbocycles. The highest BCUT2D eigenvalue weighted by Gasteiger charge is 2.39. The summed E-state index contributed by atoms with van der Waals surface area (Å²) in [6.45, 7) is 1.93. The SMILES string of the molecule is CCOC(=O)c1ccc(N2C(=O)C(Cl)=C(Nc3ccc(C(=O)Nc4nccs4)cc3)C2=O)cc1. The van der Waals surface area contributed by atoms with Gasteiger partial charge in [0.2, 0.25) is 0 Å².